The molecule has 0 fully saturated rings. The number of ether oxygens (including phenoxy) is 1. The lowest BCUT2D eigenvalue weighted by atomic mass is 10.0. The van der Waals surface area contributed by atoms with Gasteiger partial charge >= 0.3 is 0 Å². The van der Waals surface area contributed by atoms with Crippen molar-refractivity contribution in [2.75, 3.05) is 17.3 Å². The molecule has 3 aromatic carbocycles. The van der Waals surface area contributed by atoms with Crippen LogP contribution in [-0.4, -0.2) is 18.9 Å². The second-order valence-electron chi connectivity index (χ2n) is 6.84. The molecule has 150 valence electrons. The lowest BCUT2D eigenvalue weighted by molar-refractivity contribution is -0.120. The molecule has 1 N–H and O–H groups in total. The number of aryl methyl sites for hydroxylation is 1. The summed E-state index contributed by atoms with van der Waals surface area (Å²) < 4.78 is 19.9. The van der Waals surface area contributed by atoms with E-state index >= 15 is 0 Å². The number of carbonyl (C=O) groups excluding carboxylic acids is 2. The van der Waals surface area contributed by atoms with Gasteiger partial charge in [0.1, 0.15) is 17.3 Å². The minimum absolute atomic E-state index is 0.0679. The summed E-state index contributed by atoms with van der Waals surface area (Å²) >= 11 is 0. The van der Waals surface area contributed by atoms with Gasteiger partial charge in [0.15, 0.2) is 0 Å². The predicted molar refractivity (Wildman–Crippen MR) is 114 cm³/mol. The van der Waals surface area contributed by atoms with Crippen molar-refractivity contribution in [2.45, 2.75) is 6.92 Å². The standard InChI is InChI=1S/C24H19FN2O3/c1-15-8-7-9-16(14-15)26-22-21(17-10-3-6-13-20(17)30-2)23(28)27(24(22)29)19-12-5-4-11-18(19)25/h3-14,26H,1-2H3. The number of hydrogen-bond donors (Lipinski definition) is 1. The summed E-state index contributed by atoms with van der Waals surface area (Å²) in [6.45, 7) is 1.92. The van der Waals surface area contributed by atoms with Crippen molar-refractivity contribution in [1.29, 1.82) is 0 Å². The summed E-state index contributed by atoms with van der Waals surface area (Å²) in [5.74, 6) is -1.47. The largest absolute Gasteiger partial charge is 0.496 e. The van der Waals surface area contributed by atoms with Crippen LogP contribution < -0.4 is 15.0 Å². The number of nitrogens with zero attached hydrogens (tertiary/aromatic N) is 1. The number of halogens is 1. The number of imide groups is 1. The summed E-state index contributed by atoms with van der Waals surface area (Å²) in [6, 6.07) is 20.0. The third kappa shape index (κ3) is 3.33. The first kappa shape index (κ1) is 19.4. The Labute approximate surface area is 173 Å². The molecule has 2 amide bonds. The molecule has 0 saturated carbocycles. The lowest BCUT2D eigenvalue weighted by Crippen LogP contribution is -2.33. The van der Waals surface area contributed by atoms with E-state index in [1.165, 1.54) is 25.3 Å². The van der Waals surface area contributed by atoms with Gasteiger partial charge in [0.25, 0.3) is 11.8 Å². The van der Waals surface area contributed by atoms with E-state index in [4.69, 9.17) is 4.74 Å². The van der Waals surface area contributed by atoms with Crippen molar-refractivity contribution < 1.29 is 18.7 Å². The minimum Gasteiger partial charge on any atom is -0.496 e. The van der Waals surface area contributed by atoms with Crippen molar-refractivity contribution in [1.82, 2.24) is 0 Å². The second-order valence-corrected chi connectivity index (χ2v) is 6.84. The third-order valence-electron chi connectivity index (χ3n) is 4.84. The molecule has 3 aromatic rings. The highest BCUT2D eigenvalue weighted by Crippen LogP contribution is 2.38. The van der Waals surface area contributed by atoms with Crippen LogP contribution in [0.25, 0.3) is 5.57 Å². The summed E-state index contributed by atoms with van der Waals surface area (Å²) in [5.41, 5.74) is 2.19. The Kier molecular flexibility index (Phi) is 5.06. The van der Waals surface area contributed by atoms with Crippen molar-refractivity contribution in [3.8, 4) is 5.75 Å². The summed E-state index contributed by atoms with van der Waals surface area (Å²) in [7, 11) is 1.49. The van der Waals surface area contributed by atoms with Crippen LogP contribution >= 0.6 is 0 Å². The number of hydrogen-bond acceptors (Lipinski definition) is 4. The van der Waals surface area contributed by atoms with Gasteiger partial charge in [-0.1, -0.05) is 42.5 Å². The molecule has 5 nitrogen and oxygen atoms in total. The zero-order valence-electron chi connectivity index (χ0n) is 16.5. The lowest BCUT2D eigenvalue weighted by Gasteiger charge is -2.16. The third-order valence-corrected chi connectivity index (χ3v) is 4.84. The Morgan fingerprint density at radius 2 is 1.63 bits per heavy atom. The van der Waals surface area contributed by atoms with Gasteiger partial charge in [-0.25, -0.2) is 9.29 Å². The van der Waals surface area contributed by atoms with Gasteiger partial charge in [-0.3, -0.25) is 9.59 Å². The second kappa shape index (κ2) is 7.83. The fourth-order valence-corrected chi connectivity index (χ4v) is 3.47. The van der Waals surface area contributed by atoms with Gasteiger partial charge in [-0.05, 0) is 42.8 Å². The van der Waals surface area contributed by atoms with Crippen molar-refractivity contribution >= 4 is 28.8 Å². The molecule has 4 rings (SSSR count). The molecule has 0 aromatic heterocycles. The Balaban J connectivity index is 1.89. The molecule has 0 spiro atoms. The van der Waals surface area contributed by atoms with E-state index in [9.17, 15) is 14.0 Å². The SMILES string of the molecule is COc1ccccc1C1=C(Nc2cccc(C)c2)C(=O)N(c2ccccc2F)C1=O. The van der Waals surface area contributed by atoms with E-state index in [2.05, 4.69) is 5.32 Å². The average Bonchev–Trinajstić information content (AvgIpc) is 2.98. The van der Waals surface area contributed by atoms with Crippen LogP contribution in [0.15, 0.2) is 78.5 Å². The first-order chi connectivity index (χ1) is 14.5. The monoisotopic (exact) mass is 402 g/mol. The molecular formula is C24H19FN2O3. The summed E-state index contributed by atoms with van der Waals surface area (Å²) in [5, 5.41) is 3.07. The van der Waals surface area contributed by atoms with Gasteiger partial charge in [0.05, 0.1) is 18.4 Å². The molecule has 0 saturated heterocycles. The molecule has 0 atom stereocenters. The van der Waals surface area contributed by atoms with Crippen molar-refractivity contribution in [3.63, 3.8) is 0 Å². The maximum Gasteiger partial charge on any atom is 0.282 e. The topological polar surface area (TPSA) is 58.6 Å². The molecular weight excluding hydrogens is 383 g/mol. The van der Waals surface area contributed by atoms with Crippen LogP contribution in [0.2, 0.25) is 0 Å². The molecule has 0 bridgehead atoms. The number of benzene rings is 3. The van der Waals surface area contributed by atoms with E-state index in [0.29, 0.717) is 17.0 Å². The number of nitrogens with one attached hydrogen (secondary N) is 1. The summed E-state index contributed by atoms with van der Waals surface area (Å²) in [6.07, 6.45) is 0. The predicted octanol–water partition coefficient (Wildman–Crippen LogP) is 4.54. The highest BCUT2D eigenvalue weighted by molar-refractivity contribution is 6.46. The molecule has 0 aliphatic carbocycles. The maximum atomic E-state index is 14.5. The number of amides is 2. The van der Waals surface area contributed by atoms with Gasteiger partial charge in [-0.2, -0.15) is 0 Å². The van der Waals surface area contributed by atoms with E-state index in [-0.39, 0.29) is 17.0 Å². The summed E-state index contributed by atoms with van der Waals surface area (Å²) in [4.78, 5) is 27.6. The van der Waals surface area contributed by atoms with Crippen LogP contribution in [0.4, 0.5) is 15.8 Å². The fraction of sp³-hybridized carbons (Fsp3) is 0.0833. The van der Waals surface area contributed by atoms with Gasteiger partial charge in [0, 0.05) is 11.3 Å². The quantitative estimate of drug-likeness (QED) is 0.637. The Bertz CT molecular complexity index is 1190. The Morgan fingerprint density at radius 3 is 2.37 bits per heavy atom. The maximum absolute atomic E-state index is 14.5. The van der Waals surface area contributed by atoms with Gasteiger partial charge in [0.2, 0.25) is 0 Å². The highest BCUT2D eigenvalue weighted by Gasteiger charge is 2.42. The molecule has 1 heterocycles. The van der Waals surface area contributed by atoms with Gasteiger partial charge in [-0.15, -0.1) is 0 Å². The number of rotatable bonds is 5. The van der Waals surface area contributed by atoms with Crippen LogP contribution in [0, 0.1) is 12.7 Å². The molecule has 6 heteroatoms. The first-order valence-electron chi connectivity index (χ1n) is 9.36. The normalized spacial score (nSPS) is 13.8. The molecule has 1 aliphatic rings. The van der Waals surface area contributed by atoms with Crippen LogP contribution in [0.1, 0.15) is 11.1 Å². The highest BCUT2D eigenvalue weighted by atomic mass is 19.1. The van der Waals surface area contributed by atoms with E-state index in [1.54, 1.807) is 36.4 Å². The van der Waals surface area contributed by atoms with Crippen molar-refractivity contribution in [3.05, 3.63) is 95.4 Å². The van der Waals surface area contributed by atoms with E-state index in [1.807, 2.05) is 25.1 Å². The van der Waals surface area contributed by atoms with E-state index < -0.39 is 17.6 Å². The number of carbonyl (C=O) groups is 2. The molecule has 1 aliphatic heterocycles. The zero-order chi connectivity index (χ0) is 21.3. The molecule has 30 heavy (non-hydrogen) atoms. The van der Waals surface area contributed by atoms with Crippen LogP contribution in [-0.2, 0) is 9.59 Å². The number of para-hydroxylation sites is 2. The van der Waals surface area contributed by atoms with Crippen molar-refractivity contribution in [2.24, 2.45) is 0 Å². The van der Waals surface area contributed by atoms with Crippen LogP contribution in [0.5, 0.6) is 5.75 Å². The molecule has 0 radical (unpaired) electrons. The Hall–Kier alpha value is -3.93. The zero-order valence-corrected chi connectivity index (χ0v) is 16.5. The Morgan fingerprint density at radius 1 is 0.900 bits per heavy atom. The van der Waals surface area contributed by atoms with Crippen LogP contribution in [0.3, 0.4) is 0 Å². The average molecular weight is 402 g/mol. The smallest absolute Gasteiger partial charge is 0.282 e. The number of anilines is 2. The fourth-order valence-electron chi connectivity index (χ4n) is 3.47. The molecule has 0 unspecified atom stereocenters. The minimum atomic E-state index is -0.657. The number of methoxy groups -OCH3 is 1. The first-order valence-corrected chi connectivity index (χ1v) is 9.36. The van der Waals surface area contributed by atoms with E-state index in [0.717, 1.165) is 10.5 Å². The van der Waals surface area contributed by atoms with Gasteiger partial charge < -0.3 is 10.1 Å².